The highest BCUT2D eigenvalue weighted by Gasteiger charge is 2.02. The summed E-state index contributed by atoms with van der Waals surface area (Å²) >= 11 is 0. The second kappa shape index (κ2) is 6.46. The molecule has 0 aromatic heterocycles. The predicted octanol–water partition coefficient (Wildman–Crippen LogP) is 1.14. The van der Waals surface area contributed by atoms with E-state index in [-0.39, 0.29) is 5.75 Å². The number of ether oxygens (including phenoxy) is 2. The Morgan fingerprint density at radius 3 is 2.59 bits per heavy atom. The van der Waals surface area contributed by atoms with Crippen LogP contribution in [-0.4, -0.2) is 27.9 Å². The fourth-order valence-corrected chi connectivity index (χ4v) is 1.89. The van der Waals surface area contributed by atoms with Gasteiger partial charge < -0.3 is 9.47 Å². The third kappa shape index (κ3) is 6.13. The summed E-state index contributed by atoms with van der Waals surface area (Å²) in [5.41, 5.74) is 0. The van der Waals surface area contributed by atoms with Crippen LogP contribution in [0, 0.1) is 0 Å². The lowest BCUT2D eigenvalue weighted by Gasteiger charge is -2.07. The lowest BCUT2D eigenvalue weighted by Crippen LogP contribution is -2.16. The van der Waals surface area contributed by atoms with Gasteiger partial charge in [0.05, 0.1) is 19.5 Å². The van der Waals surface area contributed by atoms with E-state index in [2.05, 4.69) is 0 Å². The van der Waals surface area contributed by atoms with Crippen LogP contribution in [0.2, 0.25) is 0 Å². The molecule has 6 heteroatoms. The van der Waals surface area contributed by atoms with E-state index in [1.165, 1.54) is 0 Å². The number of methoxy groups -OCH3 is 1. The van der Waals surface area contributed by atoms with Gasteiger partial charge in [-0.15, -0.1) is 0 Å². The van der Waals surface area contributed by atoms with Crippen molar-refractivity contribution in [2.45, 2.75) is 12.8 Å². The van der Waals surface area contributed by atoms with Crippen molar-refractivity contribution in [3.63, 3.8) is 0 Å². The maximum Gasteiger partial charge on any atom is 0.209 e. The van der Waals surface area contributed by atoms with Crippen LogP contribution in [0.15, 0.2) is 24.3 Å². The summed E-state index contributed by atoms with van der Waals surface area (Å²) in [6.07, 6.45) is 1.15. The Hall–Kier alpha value is -1.27. The molecule has 0 aliphatic heterocycles. The van der Waals surface area contributed by atoms with Crippen molar-refractivity contribution in [1.29, 1.82) is 0 Å². The minimum Gasteiger partial charge on any atom is -0.497 e. The highest BCUT2D eigenvalue weighted by atomic mass is 32.2. The van der Waals surface area contributed by atoms with Gasteiger partial charge in [-0.2, -0.15) is 0 Å². The van der Waals surface area contributed by atoms with Gasteiger partial charge in [0.2, 0.25) is 10.0 Å². The Labute approximate surface area is 102 Å². The normalized spacial score (nSPS) is 11.2. The second-order valence-corrected chi connectivity index (χ2v) is 5.34. The maximum atomic E-state index is 10.7. The molecule has 0 heterocycles. The molecule has 0 saturated carbocycles. The van der Waals surface area contributed by atoms with Crippen molar-refractivity contribution < 1.29 is 17.9 Å². The van der Waals surface area contributed by atoms with E-state index in [0.717, 1.165) is 5.75 Å². The monoisotopic (exact) mass is 259 g/mol. The Kier molecular flexibility index (Phi) is 5.24. The first-order chi connectivity index (χ1) is 8.01. The number of rotatable bonds is 7. The van der Waals surface area contributed by atoms with Gasteiger partial charge >= 0.3 is 0 Å². The number of hydrogen-bond donors (Lipinski definition) is 1. The van der Waals surface area contributed by atoms with Gasteiger partial charge in [-0.05, 0) is 25.0 Å². The zero-order valence-corrected chi connectivity index (χ0v) is 10.6. The highest BCUT2D eigenvalue weighted by molar-refractivity contribution is 7.89. The Morgan fingerprint density at radius 1 is 1.24 bits per heavy atom. The van der Waals surface area contributed by atoms with Crippen LogP contribution in [0.25, 0.3) is 0 Å². The van der Waals surface area contributed by atoms with Gasteiger partial charge in [-0.3, -0.25) is 0 Å². The summed E-state index contributed by atoms with van der Waals surface area (Å²) in [4.78, 5) is 0. The topological polar surface area (TPSA) is 78.6 Å². The van der Waals surface area contributed by atoms with E-state index in [1.807, 2.05) is 18.2 Å². The molecule has 0 bridgehead atoms. The summed E-state index contributed by atoms with van der Waals surface area (Å²) in [5.74, 6) is 1.43. The summed E-state index contributed by atoms with van der Waals surface area (Å²) < 4.78 is 31.8. The van der Waals surface area contributed by atoms with Crippen molar-refractivity contribution >= 4 is 10.0 Å². The van der Waals surface area contributed by atoms with Crippen LogP contribution in [0.5, 0.6) is 11.5 Å². The molecular weight excluding hydrogens is 242 g/mol. The predicted molar refractivity (Wildman–Crippen MR) is 65.7 cm³/mol. The van der Waals surface area contributed by atoms with Gasteiger partial charge in [-0.25, -0.2) is 13.6 Å². The first-order valence-electron chi connectivity index (χ1n) is 5.28. The summed E-state index contributed by atoms with van der Waals surface area (Å²) in [6, 6.07) is 7.26. The number of hydrogen-bond acceptors (Lipinski definition) is 4. The van der Waals surface area contributed by atoms with Gasteiger partial charge in [0.25, 0.3) is 0 Å². The van der Waals surface area contributed by atoms with E-state index < -0.39 is 10.0 Å². The lowest BCUT2D eigenvalue weighted by atomic mass is 10.3. The van der Waals surface area contributed by atoms with Crippen LogP contribution >= 0.6 is 0 Å². The average Bonchev–Trinajstić information content (AvgIpc) is 2.27. The molecule has 17 heavy (non-hydrogen) atoms. The zero-order valence-electron chi connectivity index (χ0n) is 9.76. The van der Waals surface area contributed by atoms with E-state index in [1.54, 1.807) is 13.2 Å². The molecule has 1 rings (SSSR count). The third-order valence-corrected chi connectivity index (χ3v) is 2.99. The second-order valence-electron chi connectivity index (χ2n) is 3.60. The molecular formula is C11H17NO4S. The van der Waals surface area contributed by atoms with E-state index in [4.69, 9.17) is 14.6 Å². The number of sulfonamides is 1. The molecule has 5 nitrogen and oxygen atoms in total. The molecule has 0 aliphatic carbocycles. The van der Waals surface area contributed by atoms with Crippen molar-refractivity contribution in [2.24, 2.45) is 5.14 Å². The molecule has 1 aromatic carbocycles. The number of unbranched alkanes of at least 4 members (excludes halogenated alkanes) is 1. The molecule has 0 fully saturated rings. The Morgan fingerprint density at radius 2 is 1.94 bits per heavy atom. The van der Waals surface area contributed by atoms with Gasteiger partial charge in [-0.1, -0.05) is 6.07 Å². The first-order valence-corrected chi connectivity index (χ1v) is 7.00. The number of nitrogens with two attached hydrogens (primary N) is 1. The molecule has 0 atom stereocenters. The van der Waals surface area contributed by atoms with E-state index in [9.17, 15) is 8.42 Å². The van der Waals surface area contributed by atoms with Crippen LogP contribution in [-0.2, 0) is 10.0 Å². The zero-order chi connectivity index (χ0) is 12.7. The maximum absolute atomic E-state index is 10.7. The molecule has 0 spiro atoms. The minimum absolute atomic E-state index is 0.00549. The molecule has 0 saturated heterocycles. The van der Waals surface area contributed by atoms with Gasteiger partial charge in [0.1, 0.15) is 11.5 Å². The first kappa shape index (κ1) is 13.8. The third-order valence-electron chi connectivity index (χ3n) is 2.13. The Bertz CT molecular complexity index is 445. The van der Waals surface area contributed by atoms with Gasteiger partial charge in [0.15, 0.2) is 0 Å². The van der Waals surface area contributed by atoms with Crippen molar-refractivity contribution in [3.05, 3.63) is 24.3 Å². The molecule has 1 aromatic rings. The SMILES string of the molecule is COc1cccc(OCCCCS(N)(=O)=O)c1. The van der Waals surface area contributed by atoms with Crippen molar-refractivity contribution in [1.82, 2.24) is 0 Å². The minimum atomic E-state index is -3.36. The fourth-order valence-electron chi connectivity index (χ4n) is 1.29. The van der Waals surface area contributed by atoms with Crippen molar-refractivity contribution in [3.8, 4) is 11.5 Å². The quantitative estimate of drug-likeness (QED) is 0.745. The van der Waals surface area contributed by atoms with Crippen LogP contribution in [0.4, 0.5) is 0 Å². The summed E-state index contributed by atoms with van der Waals surface area (Å²) in [5, 5.41) is 4.88. The largest absolute Gasteiger partial charge is 0.497 e. The highest BCUT2D eigenvalue weighted by Crippen LogP contribution is 2.18. The summed E-state index contributed by atoms with van der Waals surface area (Å²) in [6.45, 7) is 0.461. The molecule has 0 unspecified atom stereocenters. The number of benzene rings is 1. The molecule has 0 amide bonds. The number of primary sulfonamides is 1. The van der Waals surface area contributed by atoms with Gasteiger partial charge in [0, 0.05) is 6.07 Å². The van der Waals surface area contributed by atoms with E-state index in [0.29, 0.717) is 25.2 Å². The van der Waals surface area contributed by atoms with Crippen LogP contribution in [0.1, 0.15) is 12.8 Å². The molecule has 0 radical (unpaired) electrons. The van der Waals surface area contributed by atoms with Crippen LogP contribution in [0.3, 0.4) is 0 Å². The molecule has 96 valence electrons. The Balaban J connectivity index is 2.26. The smallest absolute Gasteiger partial charge is 0.209 e. The fraction of sp³-hybridized carbons (Fsp3) is 0.455. The van der Waals surface area contributed by atoms with Crippen molar-refractivity contribution in [2.75, 3.05) is 19.5 Å². The van der Waals surface area contributed by atoms with Crippen LogP contribution < -0.4 is 14.6 Å². The standard InChI is InChI=1S/C11H17NO4S/c1-15-10-5-4-6-11(9-10)16-7-2-3-8-17(12,13)14/h4-6,9H,2-3,7-8H2,1H3,(H2,12,13,14). The molecule has 0 aliphatic rings. The lowest BCUT2D eigenvalue weighted by molar-refractivity contribution is 0.307. The summed E-state index contributed by atoms with van der Waals surface area (Å²) in [7, 11) is -1.77. The van der Waals surface area contributed by atoms with E-state index >= 15 is 0 Å². The average molecular weight is 259 g/mol. The molecule has 2 N–H and O–H groups in total.